The number of fused-ring (bicyclic) bond motifs is 1. The minimum Gasteiger partial charge on any atom is -0.465 e. The molecule has 44 heavy (non-hydrogen) atoms. The highest BCUT2D eigenvalue weighted by Crippen LogP contribution is 2.43. The summed E-state index contributed by atoms with van der Waals surface area (Å²) in [5.74, 6) is 1.20. The highest BCUT2D eigenvalue weighted by Gasteiger charge is 2.39. The van der Waals surface area contributed by atoms with Crippen molar-refractivity contribution in [1.82, 2.24) is 5.32 Å². The van der Waals surface area contributed by atoms with Crippen molar-refractivity contribution in [2.45, 2.75) is 51.2 Å². The molecule has 2 aromatic carbocycles. The second-order valence-corrected chi connectivity index (χ2v) is 11.8. The number of piperidine rings is 1. The first-order valence-corrected chi connectivity index (χ1v) is 13.9. The largest absolute Gasteiger partial charge is 0.465 e. The molecule has 3 N–H and O–H groups in total. The Morgan fingerprint density at radius 2 is 1.91 bits per heavy atom. The molecule has 3 aromatic rings. The van der Waals surface area contributed by atoms with Gasteiger partial charge < -0.3 is 24.5 Å². The van der Waals surface area contributed by atoms with Gasteiger partial charge in [0.05, 0.1) is 34.4 Å². The van der Waals surface area contributed by atoms with Crippen molar-refractivity contribution in [3.63, 3.8) is 0 Å². The third-order valence-corrected chi connectivity index (χ3v) is 7.63. The summed E-state index contributed by atoms with van der Waals surface area (Å²) in [5.41, 5.74) is -0.177. The van der Waals surface area contributed by atoms with E-state index in [4.69, 9.17) is 20.8 Å². The fourth-order valence-corrected chi connectivity index (χ4v) is 5.61. The van der Waals surface area contributed by atoms with Gasteiger partial charge >= 0.3 is 12.2 Å². The maximum Gasteiger partial charge on any atom is 0.412 e. The van der Waals surface area contributed by atoms with Gasteiger partial charge in [0.15, 0.2) is 5.58 Å². The van der Waals surface area contributed by atoms with Gasteiger partial charge in [0.2, 0.25) is 0 Å². The average molecular weight is 629 g/mol. The molecule has 0 bridgehead atoms. The number of hydrogen-bond acceptors (Lipinski definition) is 8. The van der Waals surface area contributed by atoms with Gasteiger partial charge in [0, 0.05) is 42.1 Å². The van der Waals surface area contributed by atoms with Crippen molar-refractivity contribution in [2.75, 3.05) is 28.2 Å². The molecular weight excluding hydrogens is 602 g/mol. The Morgan fingerprint density at radius 1 is 1.18 bits per heavy atom. The van der Waals surface area contributed by atoms with Gasteiger partial charge in [-0.25, -0.2) is 28.0 Å². The number of ether oxygens (including phenoxy) is 1. The number of allylic oxidation sites excluding steroid dienone is 2. The molecule has 2 aliphatic heterocycles. The average Bonchev–Trinajstić information content (AvgIpc) is 3.40. The van der Waals surface area contributed by atoms with E-state index in [0.29, 0.717) is 16.7 Å². The van der Waals surface area contributed by atoms with E-state index >= 15 is 8.78 Å². The molecular formula is C30H27ClF2N4O7. The summed E-state index contributed by atoms with van der Waals surface area (Å²) < 4.78 is 41.8. The first kappa shape index (κ1) is 30.6. The number of nitrogens with zero attached hydrogens (tertiary/aromatic N) is 2. The van der Waals surface area contributed by atoms with Crippen LogP contribution >= 0.6 is 11.6 Å². The summed E-state index contributed by atoms with van der Waals surface area (Å²) in [6.45, 7) is 5.09. The van der Waals surface area contributed by atoms with Crippen molar-refractivity contribution >= 4 is 63.7 Å². The number of amides is 2. The molecule has 230 valence electrons. The quantitative estimate of drug-likeness (QED) is 0.291. The van der Waals surface area contributed by atoms with Gasteiger partial charge in [-0.1, -0.05) is 11.6 Å². The Balaban J connectivity index is 1.38. The molecule has 14 heteroatoms. The van der Waals surface area contributed by atoms with Gasteiger partial charge in [0.1, 0.15) is 40.5 Å². The van der Waals surface area contributed by atoms with Gasteiger partial charge in [-0.05, 0) is 45.7 Å². The second kappa shape index (κ2) is 11.7. The van der Waals surface area contributed by atoms with Crippen molar-refractivity contribution in [3.8, 4) is 0 Å². The topological polar surface area (TPSA) is 141 Å². The zero-order chi connectivity index (χ0) is 31.9. The first-order chi connectivity index (χ1) is 20.8. The number of carboxylic acid groups (broad SMARTS) is 1. The van der Waals surface area contributed by atoms with E-state index in [1.165, 1.54) is 12.3 Å². The van der Waals surface area contributed by atoms with Crippen LogP contribution in [-0.4, -0.2) is 53.9 Å². The molecule has 0 spiro atoms. The second-order valence-electron chi connectivity index (χ2n) is 11.4. The Kier molecular flexibility index (Phi) is 8.13. The number of carbonyl (C=O) groups is 2. The van der Waals surface area contributed by atoms with Crippen LogP contribution in [0, 0.1) is 11.6 Å². The molecule has 3 heterocycles. The molecule has 5 rings (SSSR count). The molecule has 0 aliphatic carbocycles. The van der Waals surface area contributed by atoms with Gasteiger partial charge in [-0.2, -0.15) is 0 Å². The molecule has 2 amide bonds. The van der Waals surface area contributed by atoms with Crippen LogP contribution in [0.3, 0.4) is 0 Å². The standard InChI is InChI=1S/C30H27ClF2N4O7/c1-30(2,3)44-28(40)35-22-9-20(32)24(8-19(22)31)37(29(41)42)16-11-36(12-16)25-10-21(33)26(18-6-7-43-27(18)25)17-5-4-15(13-38)34-23(17)14-39/h6-10,16-17,34H,4-5,11-12H2,1-3H3,(H,35,40)(H,41,42). The van der Waals surface area contributed by atoms with Crippen LogP contribution in [0.4, 0.5) is 35.4 Å². The lowest BCUT2D eigenvalue weighted by atomic mass is 9.85. The molecule has 1 atom stereocenters. The van der Waals surface area contributed by atoms with Crippen LogP contribution < -0.4 is 20.4 Å². The van der Waals surface area contributed by atoms with Crippen LogP contribution in [0.2, 0.25) is 5.02 Å². The molecule has 2 aliphatic rings. The first-order valence-electron chi connectivity index (χ1n) is 13.5. The van der Waals surface area contributed by atoms with Crippen LogP contribution in [-0.2, 0) is 14.3 Å². The van der Waals surface area contributed by atoms with Gasteiger partial charge in [-0.15, -0.1) is 0 Å². The number of benzene rings is 2. The number of halogens is 3. The van der Waals surface area contributed by atoms with Crippen molar-refractivity contribution < 1.29 is 42.2 Å². The zero-order valence-corrected chi connectivity index (χ0v) is 24.6. The lowest BCUT2D eigenvalue weighted by molar-refractivity contribution is 0.0635. The Labute approximate surface area is 254 Å². The molecule has 2 fully saturated rings. The monoisotopic (exact) mass is 628 g/mol. The Bertz CT molecular complexity index is 1770. The van der Waals surface area contributed by atoms with E-state index < -0.39 is 41.4 Å². The SMILES string of the molecule is CC(C)(C)OC(=O)Nc1cc(F)c(N(C(=O)O)C2CN(c3cc(F)c(C4CCC(=C=O)NC4=C=O)c4ccoc34)C2)cc1Cl. The Morgan fingerprint density at radius 3 is 2.55 bits per heavy atom. The highest BCUT2D eigenvalue weighted by molar-refractivity contribution is 6.34. The fraction of sp³-hybridized carbons (Fsp3) is 0.333. The normalized spacial score (nSPS) is 17.0. The molecule has 0 radical (unpaired) electrons. The maximum atomic E-state index is 15.7. The van der Waals surface area contributed by atoms with E-state index in [-0.39, 0.29) is 59.3 Å². The summed E-state index contributed by atoms with van der Waals surface area (Å²) in [4.78, 5) is 49.6. The lowest BCUT2D eigenvalue weighted by Crippen LogP contribution is -2.61. The molecule has 1 aromatic heterocycles. The molecule has 1 unspecified atom stereocenters. The Hall–Kier alpha value is -4.83. The van der Waals surface area contributed by atoms with Crippen molar-refractivity contribution in [3.05, 3.63) is 64.1 Å². The van der Waals surface area contributed by atoms with Gasteiger partial charge in [-0.3, -0.25) is 10.2 Å². The smallest absolute Gasteiger partial charge is 0.412 e. The van der Waals surface area contributed by atoms with E-state index in [9.17, 15) is 24.3 Å². The van der Waals surface area contributed by atoms with E-state index in [2.05, 4.69) is 10.6 Å². The highest BCUT2D eigenvalue weighted by atomic mass is 35.5. The fourth-order valence-electron chi connectivity index (χ4n) is 5.41. The maximum absolute atomic E-state index is 15.7. The number of furan rings is 1. The summed E-state index contributed by atoms with van der Waals surface area (Å²) in [6, 6.07) is 4.07. The lowest BCUT2D eigenvalue weighted by Gasteiger charge is -2.45. The van der Waals surface area contributed by atoms with Crippen LogP contribution in [0.25, 0.3) is 11.0 Å². The number of nitrogens with one attached hydrogen (secondary N) is 2. The number of hydrogen-bond donors (Lipinski definition) is 3. The predicted octanol–water partition coefficient (Wildman–Crippen LogP) is 5.98. The van der Waals surface area contributed by atoms with Crippen molar-refractivity contribution in [1.29, 1.82) is 0 Å². The summed E-state index contributed by atoms with van der Waals surface area (Å²) in [5, 5.41) is 15.3. The van der Waals surface area contributed by atoms with E-state index in [1.807, 2.05) is 0 Å². The minimum absolute atomic E-state index is 0.0119. The van der Waals surface area contributed by atoms with Gasteiger partial charge in [0.25, 0.3) is 0 Å². The summed E-state index contributed by atoms with van der Waals surface area (Å²) in [6.07, 6.45) is -0.391. The third-order valence-electron chi connectivity index (χ3n) is 7.31. The predicted molar refractivity (Wildman–Crippen MR) is 157 cm³/mol. The summed E-state index contributed by atoms with van der Waals surface area (Å²) >= 11 is 6.27. The number of rotatable bonds is 5. The van der Waals surface area contributed by atoms with Crippen LogP contribution in [0.15, 0.2) is 46.3 Å². The van der Waals surface area contributed by atoms with Crippen LogP contribution in [0.5, 0.6) is 0 Å². The zero-order valence-electron chi connectivity index (χ0n) is 23.8. The van der Waals surface area contributed by atoms with Crippen molar-refractivity contribution in [2.24, 2.45) is 0 Å². The number of anilines is 3. The minimum atomic E-state index is -1.44. The molecule has 2 saturated heterocycles. The number of carbonyl (C=O) groups excluding carboxylic acids is 3. The third kappa shape index (κ3) is 5.85. The molecule has 0 saturated carbocycles. The van der Waals surface area contributed by atoms with E-state index in [0.717, 1.165) is 17.0 Å². The van der Waals surface area contributed by atoms with E-state index in [1.54, 1.807) is 43.6 Å². The van der Waals surface area contributed by atoms with Crippen LogP contribution in [0.1, 0.15) is 45.1 Å². The summed E-state index contributed by atoms with van der Waals surface area (Å²) in [7, 11) is 0. The molecule has 11 nitrogen and oxygen atoms in total.